The van der Waals surface area contributed by atoms with Crippen LogP contribution < -0.4 is 9.47 Å². The first-order valence-corrected chi connectivity index (χ1v) is 12.3. The van der Waals surface area contributed by atoms with E-state index < -0.39 is 9.84 Å². The molecular weight excluding hydrogens is 481 g/mol. The van der Waals surface area contributed by atoms with Gasteiger partial charge in [-0.05, 0) is 85.1 Å². The molecule has 0 saturated heterocycles. The molecule has 1 aliphatic heterocycles. The molecule has 33 heavy (non-hydrogen) atoms. The van der Waals surface area contributed by atoms with E-state index in [9.17, 15) is 8.42 Å². The number of fused-ring (bicyclic) bond motifs is 1. The molecule has 0 atom stereocenters. The first-order chi connectivity index (χ1) is 15.4. The van der Waals surface area contributed by atoms with E-state index in [0.29, 0.717) is 23.1 Å². The number of sulfone groups is 1. The summed E-state index contributed by atoms with van der Waals surface area (Å²) < 4.78 is 38.1. The molecule has 0 radical (unpaired) electrons. The number of rotatable bonds is 6. The summed E-state index contributed by atoms with van der Waals surface area (Å²) >= 11 is 5.91. The third-order valence-corrected chi connectivity index (χ3v) is 7.80. The summed E-state index contributed by atoms with van der Waals surface area (Å²) in [6.07, 6.45) is 1.69. The normalized spacial score (nSPS) is 14.0. The van der Waals surface area contributed by atoms with Crippen molar-refractivity contribution in [1.29, 1.82) is 0 Å². The molecule has 0 amide bonds. The van der Waals surface area contributed by atoms with Crippen LogP contribution in [0.15, 0.2) is 70.5 Å². The molecule has 0 unspecified atom stereocenters. The molecule has 0 aromatic heterocycles. The van der Waals surface area contributed by atoms with E-state index in [1.54, 1.807) is 30.3 Å². The molecule has 4 rings (SSSR count). The summed E-state index contributed by atoms with van der Waals surface area (Å²) in [5.74, 6) is 0.979. The Kier molecular flexibility index (Phi) is 8.29. The minimum atomic E-state index is -3.74. The molecule has 3 aromatic carbocycles. The van der Waals surface area contributed by atoms with Crippen LogP contribution in [0.2, 0.25) is 5.02 Å². The van der Waals surface area contributed by atoms with Crippen LogP contribution in [0.4, 0.5) is 0 Å². The molecule has 8 heteroatoms. The molecule has 0 spiro atoms. The maximum Gasteiger partial charge on any atom is 0.210 e. The Morgan fingerprint density at radius 3 is 2.15 bits per heavy atom. The first-order valence-electron chi connectivity index (χ1n) is 10.5. The minimum absolute atomic E-state index is 0. The van der Waals surface area contributed by atoms with Crippen molar-refractivity contribution < 1.29 is 17.9 Å². The molecule has 0 bridgehead atoms. The molecule has 3 aromatic rings. The number of hydrogen-bond donors (Lipinski definition) is 0. The van der Waals surface area contributed by atoms with Crippen molar-refractivity contribution >= 4 is 33.8 Å². The predicted molar refractivity (Wildman–Crippen MR) is 133 cm³/mol. The fraction of sp³-hybridized carbons (Fsp3) is 0.280. The highest BCUT2D eigenvalue weighted by Gasteiger charge is 2.25. The Labute approximate surface area is 206 Å². The van der Waals surface area contributed by atoms with Crippen molar-refractivity contribution in [3.05, 3.63) is 82.4 Å². The Hall–Kier alpha value is -2.25. The van der Waals surface area contributed by atoms with Crippen LogP contribution >= 0.6 is 24.0 Å². The van der Waals surface area contributed by atoms with Gasteiger partial charge >= 0.3 is 0 Å². The third-order valence-electron chi connectivity index (χ3n) is 5.75. The van der Waals surface area contributed by atoms with Gasteiger partial charge in [0, 0.05) is 18.1 Å². The van der Waals surface area contributed by atoms with Crippen LogP contribution in [0, 0.1) is 0 Å². The number of likely N-dealkylation sites (N-methyl/N-ethyl adjacent to an activating group) is 1. The zero-order valence-corrected chi connectivity index (χ0v) is 21.0. The molecule has 176 valence electrons. The summed E-state index contributed by atoms with van der Waals surface area (Å²) in [5.41, 5.74) is 3.19. The van der Waals surface area contributed by atoms with Crippen molar-refractivity contribution in [2.24, 2.45) is 0 Å². The topological polar surface area (TPSA) is 55.8 Å². The van der Waals surface area contributed by atoms with Gasteiger partial charge in [-0.2, -0.15) is 0 Å². The van der Waals surface area contributed by atoms with Gasteiger partial charge in [-0.25, -0.2) is 8.42 Å². The number of nitrogens with zero attached hydrogens (tertiary/aromatic N) is 1. The summed E-state index contributed by atoms with van der Waals surface area (Å²) in [7, 11) is -0.146. The van der Waals surface area contributed by atoms with Crippen LogP contribution in [0.25, 0.3) is 0 Å². The first kappa shape index (κ1) is 25.4. The summed E-state index contributed by atoms with van der Waals surface area (Å²) in [6.45, 7) is 2.22. The van der Waals surface area contributed by atoms with E-state index in [2.05, 4.69) is 11.9 Å². The van der Waals surface area contributed by atoms with Gasteiger partial charge in [0.05, 0.1) is 12.0 Å². The second-order valence-corrected chi connectivity index (χ2v) is 10.3. The molecule has 5 nitrogen and oxygen atoms in total. The Balaban J connectivity index is 0.00000306. The minimum Gasteiger partial charge on any atom is -0.495 e. The zero-order chi connectivity index (χ0) is 22.7. The van der Waals surface area contributed by atoms with E-state index in [1.807, 2.05) is 30.3 Å². The van der Waals surface area contributed by atoms with Crippen molar-refractivity contribution in [2.45, 2.75) is 29.2 Å². The standard InChI is InChI=1S/C25H26ClNO4S.ClH/c1-27-13-11-19-15-24(30-2)25(16-20(19)12-14-27)32(28,29)23-9-7-22(8-10-23)31-17-18-3-5-21(26)6-4-18;/h3-10,15-16H,11-14,17H2,1-2H3;1H. The monoisotopic (exact) mass is 507 g/mol. The van der Waals surface area contributed by atoms with Crippen molar-refractivity contribution in [1.82, 2.24) is 4.90 Å². The maximum atomic E-state index is 13.4. The average Bonchev–Trinajstić information content (AvgIpc) is 2.99. The second-order valence-electron chi connectivity index (χ2n) is 7.97. The lowest BCUT2D eigenvalue weighted by molar-refractivity contribution is 0.306. The van der Waals surface area contributed by atoms with E-state index in [1.165, 1.54) is 7.11 Å². The lowest BCUT2D eigenvalue weighted by atomic mass is 10.0. The number of benzene rings is 3. The lowest BCUT2D eigenvalue weighted by Crippen LogP contribution is -2.20. The van der Waals surface area contributed by atoms with Crippen LogP contribution in [-0.2, 0) is 29.3 Å². The number of hydrogen-bond acceptors (Lipinski definition) is 5. The van der Waals surface area contributed by atoms with Crippen LogP contribution in [0.5, 0.6) is 11.5 Å². The van der Waals surface area contributed by atoms with Gasteiger partial charge in [-0.1, -0.05) is 23.7 Å². The quantitative estimate of drug-likeness (QED) is 0.458. The van der Waals surface area contributed by atoms with Gasteiger partial charge in [-0.15, -0.1) is 12.4 Å². The molecule has 1 aliphatic rings. The van der Waals surface area contributed by atoms with E-state index >= 15 is 0 Å². The smallest absolute Gasteiger partial charge is 0.210 e. The maximum absolute atomic E-state index is 13.4. The lowest BCUT2D eigenvalue weighted by Gasteiger charge is -2.15. The van der Waals surface area contributed by atoms with Crippen molar-refractivity contribution in [3.63, 3.8) is 0 Å². The van der Waals surface area contributed by atoms with Gasteiger partial charge < -0.3 is 14.4 Å². The number of halogens is 2. The van der Waals surface area contributed by atoms with Crippen molar-refractivity contribution in [3.8, 4) is 11.5 Å². The Morgan fingerprint density at radius 2 is 1.55 bits per heavy atom. The second kappa shape index (κ2) is 10.8. The molecule has 0 N–H and O–H groups in total. The third kappa shape index (κ3) is 5.82. The number of methoxy groups -OCH3 is 1. The highest BCUT2D eigenvalue weighted by atomic mass is 35.5. The molecule has 0 saturated carbocycles. The highest BCUT2D eigenvalue weighted by molar-refractivity contribution is 7.91. The Bertz CT molecular complexity index is 1200. The summed E-state index contributed by atoms with van der Waals surface area (Å²) in [5, 5.41) is 0.670. The fourth-order valence-electron chi connectivity index (χ4n) is 3.80. The van der Waals surface area contributed by atoms with E-state index in [4.69, 9.17) is 21.1 Å². The van der Waals surface area contributed by atoms with Crippen molar-refractivity contribution in [2.75, 3.05) is 27.2 Å². The summed E-state index contributed by atoms with van der Waals surface area (Å²) in [6, 6.07) is 17.6. The molecule has 0 aliphatic carbocycles. The largest absolute Gasteiger partial charge is 0.495 e. The Morgan fingerprint density at radius 1 is 0.939 bits per heavy atom. The van der Waals surface area contributed by atoms with Gasteiger partial charge in [0.25, 0.3) is 0 Å². The molecule has 1 heterocycles. The van der Waals surface area contributed by atoms with Crippen LogP contribution in [0.1, 0.15) is 16.7 Å². The van der Waals surface area contributed by atoms with Crippen LogP contribution in [0.3, 0.4) is 0 Å². The molecular formula is C25H27Cl2NO4S. The van der Waals surface area contributed by atoms with Crippen LogP contribution in [-0.4, -0.2) is 40.6 Å². The average molecular weight is 508 g/mol. The van der Waals surface area contributed by atoms with Gasteiger partial charge in [-0.3, -0.25) is 0 Å². The van der Waals surface area contributed by atoms with E-state index in [0.717, 1.165) is 42.6 Å². The fourth-order valence-corrected chi connectivity index (χ4v) is 5.38. The van der Waals surface area contributed by atoms with E-state index in [-0.39, 0.29) is 22.2 Å². The van der Waals surface area contributed by atoms with Gasteiger partial charge in [0.1, 0.15) is 23.0 Å². The highest BCUT2D eigenvalue weighted by Crippen LogP contribution is 2.34. The zero-order valence-electron chi connectivity index (χ0n) is 18.6. The number of ether oxygens (including phenoxy) is 2. The summed E-state index contributed by atoms with van der Waals surface area (Å²) in [4.78, 5) is 2.67. The predicted octanol–water partition coefficient (Wildman–Crippen LogP) is 5.21. The van der Waals surface area contributed by atoms with Gasteiger partial charge in [0.15, 0.2) is 0 Å². The van der Waals surface area contributed by atoms with Gasteiger partial charge in [0.2, 0.25) is 9.84 Å². The SMILES string of the molecule is COc1cc2c(cc1S(=O)(=O)c1ccc(OCc3ccc(Cl)cc3)cc1)CCN(C)CC2.Cl. The molecule has 0 fully saturated rings.